The molecule has 0 radical (unpaired) electrons. The zero-order valence-electron chi connectivity index (χ0n) is 9.49. The second-order valence-electron chi connectivity index (χ2n) is 3.47. The van der Waals surface area contributed by atoms with Gasteiger partial charge in [0.15, 0.2) is 11.6 Å². The molecule has 1 aromatic carbocycles. The molecule has 4 nitrogen and oxygen atoms in total. The van der Waals surface area contributed by atoms with Gasteiger partial charge in [0.05, 0.1) is 12.6 Å². The Labute approximate surface area is 111 Å². The van der Waals surface area contributed by atoms with Gasteiger partial charge in [-0.05, 0) is 19.1 Å². The van der Waals surface area contributed by atoms with Crippen molar-refractivity contribution >= 4 is 21.9 Å². The number of alkyl halides is 1. The lowest BCUT2D eigenvalue weighted by Crippen LogP contribution is -2.32. The molecule has 0 aromatic heterocycles. The van der Waals surface area contributed by atoms with Crippen molar-refractivity contribution in [3.8, 4) is 5.75 Å². The first-order chi connectivity index (χ1) is 8.40. The van der Waals surface area contributed by atoms with Crippen molar-refractivity contribution in [2.24, 2.45) is 5.73 Å². The highest BCUT2D eigenvalue weighted by atomic mass is 79.9. The molecule has 18 heavy (non-hydrogen) atoms. The zero-order chi connectivity index (χ0) is 13.9. The summed E-state index contributed by atoms with van der Waals surface area (Å²) in [4.78, 5) is 11.2. The highest BCUT2D eigenvalue weighted by Gasteiger charge is 2.31. The number of hydrogen-bond donors (Lipinski definition) is 2. The van der Waals surface area contributed by atoms with E-state index in [1.165, 1.54) is 13.0 Å². The molecule has 100 valence electrons. The molecule has 0 aliphatic rings. The smallest absolute Gasteiger partial charge is 0.342 e. The Morgan fingerprint density at radius 1 is 1.61 bits per heavy atom. The first kappa shape index (κ1) is 14.8. The van der Waals surface area contributed by atoms with Crippen molar-refractivity contribution in [3.05, 3.63) is 28.0 Å². The molecule has 0 spiro atoms. The van der Waals surface area contributed by atoms with Gasteiger partial charge in [-0.1, -0.05) is 15.9 Å². The van der Waals surface area contributed by atoms with Crippen molar-refractivity contribution in [1.29, 1.82) is 0 Å². The van der Waals surface area contributed by atoms with Crippen LogP contribution in [0.3, 0.4) is 0 Å². The number of ether oxygens (including phenoxy) is 1. The topological polar surface area (TPSA) is 72.5 Å². The zero-order valence-corrected chi connectivity index (χ0v) is 11.1. The van der Waals surface area contributed by atoms with Crippen molar-refractivity contribution in [1.82, 2.24) is 0 Å². The maximum atomic E-state index is 13.7. The largest absolute Gasteiger partial charge is 0.505 e. The average molecular weight is 324 g/mol. The monoisotopic (exact) mass is 323 g/mol. The van der Waals surface area contributed by atoms with Gasteiger partial charge >= 0.3 is 5.97 Å². The fourth-order valence-corrected chi connectivity index (χ4v) is 1.97. The molecule has 2 atom stereocenters. The predicted molar refractivity (Wildman–Crippen MR) is 64.2 cm³/mol. The lowest BCUT2D eigenvalue weighted by Gasteiger charge is -2.18. The standard InChI is InChI=1S/C11H12BrF2NO3/c1-2-18-11(17)8(14)9(15)7-5(12)3-4-6(13)10(7)16/h3-4,8-9,16H,2,15H2,1H3/t8?,9-/m0/s1. The summed E-state index contributed by atoms with van der Waals surface area (Å²) in [5.41, 5.74) is 5.30. The molecule has 0 heterocycles. The Hall–Kier alpha value is -1.21. The van der Waals surface area contributed by atoms with E-state index in [-0.39, 0.29) is 16.6 Å². The van der Waals surface area contributed by atoms with Crippen LogP contribution in [0.1, 0.15) is 18.5 Å². The van der Waals surface area contributed by atoms with Gasteiger partial charge in [-0.2, -0.15) is 0 Å². The van der Waals surface area contributed by atoms with Crippen LogP contribution in [0.2, 0.25) is 0 Å². The molecule has 7 heteroatoms. The van der Waals surface area contributed by atoms with Gasteiger partial charge in [-0.25, -0.2) is 13.6 Å². The quantitative estimate of drug-likeness (QED) is 0.833. The third kappa shape index (κ3) is 2.97. The summed E-state index contributed by atoms with van der Waals surface area (Å²) in [6.07, 6.45) is -2.19. The molecule has 0 amide bonds. The highest BCUT2D eigenvalue weighted by Crippen LogP contribution is 2.35. The molecule has 0 saturated carbocycles. The Morgan fingerprint density at radius 3 is 2.78 bits per heavy atom. The molecule has 0 saturated heterocycles. The van der Waals surface area contributed by atoms with Crippen LogP contribution < -0.4 is 5.73 Å². The molecular weight excluding hydrogens is 312 g/mol. The molecule has 1 rings (SSSR count). The summed E-state index contributed by atoms with van der Waals surface area (Å²) in [6, 6.07) is 0.740. The van der Waals surface area contributed by atoms with Crippen molar-refractivity contribution in [3.63, 3.8) is 0 Å². The molecule has 3 N–H and O–H groups in total. The number of hydrogen-bond acceptors (Lipinski definition) is 4. The first-order valence-electron chi connectivity index (χ1n) is 5.13. The number of phenols is 1. The van der Waals surface area contributed by atoms with Crippen molar-refractivity contribution < 1.29 is 23.4 Å². The van der Waals surface area contributed by atoms with Crippen LogP contribution >= 0.6 is 15.9 Å². The average Bonchev–Trinajstić information content (AvgIpc) is 2.33. The van der Waals surface area contributed by atoms with Crippen LogP contribution in [0.25, 0.3) is 0 Å². The third-order valence-electron chi connectivity index (χ3n) is 2.28. The molecule has 1 aromatic rings. The Bertz CT molecular complexity index is 456. The Kier molecular flexibility index (Phi) is 5.03. The van der Waals surface area contributed by atoms with E-state index >= 15 is 0 Å². The SMILES string of the molecule is CCOC(=O)C(F)[C@@H](N)c1c(Br)ccc(F)c1O. The second kappa shape index (κ2) is 6.10. The number of esters is 1. The maximum Gasteiger partial charge on any atom is 0.342 e. The van der Waals surface area contributed by atoms with Gasteiger partial charge in [0.1, 0.15) is 0 Å². The highest BCUT2D eigenvalue weighted by molar-refractivity contribution is 9.10. The number of nitrogens with two attached hydrogens (primary N) is 1. The van der Waals surface area contributed by atoms with E-state index in [1.54, 1.807) is 0 Å². The summed E-state index contributed by atoms with van der Waals surface area (Å²) in [6.45, 7) is 1.52. The van der Waals surface area contributed by atoms with E-state index in [0.717, 1.165) is 6.07 Å². The second-order valence-corrected chi connectivity index (χ2v) is 4.33. The number of carbonyl (C=O) groups is 1. The normalized spacial score (nSPS) is 14.1. The minimum Gasteiger partial charge on any atom is -0.505 e. The van der Waals surface area contributed by atoms with Crippen molar-refractivity contribution in [2.75, 3.05) is 6.61 Å². The van der Waals surface area contributed by atoms with Gasteiger partial charge in [0, 0.05) is 10.0 Å². The minimum absolute atomic E-state index is 0.00226. The number of aromatic hydroxyl groups is 1. The molecular formula is C11H12BrF2NO3. The van der Waals surface area contributed by atoms with Crippen LogP contribution in [0.15, 0.2) is 16.6 Å². The van der Waals surface area contributed by atoms with E-state index in [2.05, 4.69) is 20.7 Å². The van der Waals surface area contributed by atoms with Gasteiger partial charge in [0.25, 0.3) is 0 Å². The first-order valence-corrected chi connectivity index (χ1v) is 5.92. The third-order valence-corrected chi connectivity index (χ3v) is 2.97. The summed E-state index contributed by atoms with van der Waals surface area (Å²) in [5, 5.41) is 9.51. The fraction of sp³-hybridized carbons (Fsp3) is 0.364. The van der Waals surface area contributed by atoms with Crippen LogP contribution in [0, 0.1) is 5.82 Å². The van der Waals surface area contributed by atoms with Crippen LogP contribution in [0.4, 0.5) is 8.78 Å². The van der Waals surface area contributed by atoms with Gasteiger partial charge in [0.2, 0.25) is 6.17 Å². The summed E-state index contributed by atoms with van der Waals surface area (Å²) in [5.74, 6) is -2.89. The van der Waals surface area contributed by atoms with E-state index in [9.17, 15) is 18.7 Å². The minimum atomic E-state index is -2.19. The van der Waals surface area contributed by atoms with E-state index < -0.39 is 29.7 Å². The number of benzene rings is 1. The summed E-state index contributed by atoms with van der Waals surface area (Å²) >= 11 is 3.01. The Balaban J connectivity index is 3.07. The summed E-state index contributed by atoms with van der Waals surface area (Å²) < 4.78 is 31.5. The number of phenolic OH excluding ortho intramolecular Hbond substituents is 1. The van der Waals surface area contributed by atoms with Gasteiger partial charge in [-0.15, -0.1) is 0 Å². The number of halogens is 3. The van der Waals surface area contributed by atoms with Gasteiger partial charge < -0.3 is 15.6 Å². The lowest BCUT2D eigenvalue weighted by atomic mass is 10.0. The van der Waals surface area contributed by atoms with Crippen molar-refractivity contribution in [2.45, 2.75) is 19.1 Å². The van der Waals surface area contributed by atoms with E-state index in [4.69, 9.17) is 5.73 Å². The fourth-order valence-electron chi connectivity index (χ4n) is 1.39. The maximum absolute atomic E-state index is 13.7. The number of carbonyl (C=O) groups excluding carboxylic acids is 1. The van der Waals surface area contributed by atoms with Crippen LogP contribution in [0.5, 0.6) is 5.75 Å². The van der Waals surface area contributed by atoms with Crippen LogP contribution in [-0.4, -0.2) is 23.9 Å². The number of rotatable bonds is 4. The molecule has 0 aliphatic heterocycles. The summed E-state index contributed by atoms with van der Waals surface area (Å²) in [7, 11) is 0. The predicted octanol–water partition coefficient (Wildman–Crippen LogP) is 2.19. The molecule has 0 fully saturated rings. The van der Waals surface area contributed by atoms with E-state index in [1.807, 2.05) is 0 Å². The Morgan fingerprint density at radius 2 is 2.22 bits per heavy atom. The van der Waals surface area contributed by atoms with E-state index in [0.29, 0.717) is 0 Å². The molecule has 0 aliphatic carbocycles. The molecule has 1 unspecified atom stereocenters. The van der Waals surface area contributed by atoms with Crippen LogP contribution in [-0.2, 0) is 9.53 Å². The lowest BCUT2D eigenvalue weighted by molar-refractivity contribution is -0.149. The van der Waals surface area contributed by atoms with Gasteiger partial charge in [-0.3, -0.25) is 0 Å². The molecule has 0 bridgehead atoms.